The SMILES string of the molecule is O=c1[nH]c(C2CCCc3ccccc32)nc2c1CNC2. The van der Waals surface area contributed by atoms with Crippen molar-refractivity contribution in [3.63, 3.8) is 0 Å². The van der Waals surface area contributed by atoms with Gasteiger partial charge in [-0.15, -0.1) is 0 Å². The van der Waals surface area contributed by atoms with Gasteiger partial charge in [-0.05, 0) is 30.4 Å². The first-order valence-corrected chi connectivity index (χ1v) is 7.23. The van der Waals surface area contributed by atoms with Crippen molar-refractivity contribution >= 4 is 0 Å². The van der Waals surface area contributed by atoms with Crippen LogP contribution in [-0.4, -0.2) is 9.97 Å². The molecule has 4 rings (SSSR count). The van der Waals surface area contributed by atoms with Crippen molar-refractivity contribution in [1.29, 1.82) is 0 Å². The third kappa shape index (κ3) is 1.79. The normalized spacial score (nSPS) is 20.5. The van der Waals surface area contributed by atoms with Gasteiger partial charge in [0.2, 0.25) is 0 Å². The lowest BCUT2D eigenvalue weighted by molar-refractivity contribution is 0.585. The third-order valence-electron chi connectivity index (χ3n) is 4.41. The predicted molar refractivity (Wildman–Crippen MR) is 76.6 cm³/mol. The maximum absolute atomic E-state index is 12.2. The second-order valence-electron chi connectivity index (χ2n) is 5.62. The van der Waals surface area contributed by atoms with E-state index in [9.17, 15) is 4.79 Å². The smallest absolute Gasteiger partial charge is 0.255 e. The van der Waals surface area contributed by atoms with E-state index in [-0.39, 0.29) is 11.5 Å². The molecule has 0 bridgehead atoms. The summed E-state index contributed by atoms with van der Waals surface area (Å²) < 4.78 is 0. The molecule has 1 aliphatic heterocycles. The van der Waals surface area contributed by atoms with Crippen LogP contribution in [0, 0.1) is 0 Å². The fourth-order valence-corrected chi connectivity index (χ4v) is 3.40. The number of nitrogens with zero attached hydrogens (tertiary/aromatic N) is 1. The first-order chi connectivity index (χ1) is 9.83. The zero-order valence-electron chi connectivity index (χ0n) is 11.3. The molecule has 2 N–H and O–H groups in total. The fourth-order valence-electron chi connectivity index (χ4n) is 3.40. The minimum absolute atomic E-state index is 0.0260. The average Bonchev–Trinajstić information content (AvgIpc) is 2.95. The largest absolute Gasteiger partial charge is 0.310 e. The van der Waals surface area contributed by atoms with Crippen LogP contribution in [-0.2, 0) is 19.5 Å². The summed E-state index contributed by atoms with van der Waals surface area (Å²) in [7, 11) is 0. The summed E-state index contributed by atoms with van der Waals surface area (Å²) in [5, 5.41) is 3.20. The summed E-state index contributed by atoms with van der Waals surface area (Å²) >= 11 is 0. The van der Waals surface area contributed by atoms with E-state index in [1.165, 1.54) is 11.1 Å². The maximum atomic E-state index is 12.2. The molecule has 102 valence electrons. The molecular formula is C16H17N3O. The molecule has 4 heteroatoms. The average molecular weight is 267 g/mol. The molecule has 0 fully saturated rings. The Labute approximate surface area is 117 Å². The maximum Gasteiger partial charge on any atom is 0.255 e. The lowest BCUT2D eigenvalue weighted by Gasteiger charge is -2.24. The lowest BCUT2D eigenvalue weighted by atomic mass is 9.82. The van der Waals surface area contributed by atoms with Crippen molar-refractivity contribution in [1.82, 2.24) is 15.3 Å². The van der Waals surface area contributed by atoms with Crippen molar-refractivity contribution < 1.29 is 0 Å². The second-order valence-corrected chi connectivity index (χ2v) is 5.62. The molecule has 0 saturated heterocycles. The minimum atomic E-state index is 0.0260. The highest BCUT2D eigenvalue weighted by molar-refractivity contribution is 5.37. The molecule has 20 heavy (non-hydrogen) atoms. The second kappa shape index (κ2) is 4.56. The number of aryl methyl sites for hydroxylation is 1. The van der Waals surface area contributed by atoms with Crippen molar-refractivity contribution in [2.24, 2.45) is 0 Å². The van der Waals surface area contributed by atoms with E-state index in [2.05, 4.69) is 34.6 Å². The molecule has 0 amide bonds. The Morgan fingerprint density at radius 1 is 1.20 bits per heavy atom. The van der Waals surface area contributed by atoms with Crippen molar-refractivity contribution in [2.75, 3.05) is 0 Å². The summed E-state index contributed by atoms with van der Waals surface area (Å²) in [6.45, 7) is 1.35. The molecule has 1 unspecified atom stereocenters. The molecule has 1 aliphatic carbocycles. The number of benzene rings is 1. The molecule has 2 heterocycles. The number of aromatic nitrogens is 2. The summed E-state index contributed by atoms with van der Waals surface area (Å²) in [6, 6.07) is 8.52. The third-order valence-corrected chi connectivity index (χ3v) is 4.41. The highest BCUT2D eigenvalue weighted by Gasteiger charge is 2.25. The van der Waals surface area contributed by atoms with Crippen LogP contribution >= 0.6 is 0 Å². The number of aromatic amines is 1. The molecular weight excluding hydrogens is 250 g/mol. The number of hydrogen-bond donors (Lipinski definition) is 2. The van der Waals surface area contributed by atoms with Gasteiger partial charge in [-0.25, -0.2) is 4.98 Å². The first-order valence-electron chi connectivity index (χ1n) is 7.23. The van der Waals surface area contributed by atoms with Gasteiger partial charge in [0.25, 0.3) is 5.56 Å². The van der Waals surface area contributed by atoms with Crippen molar-refractivity contribution in [3.8, 4) is 0 Å². The molecule has 0 saturated carbocycles. The molecule has 2 aliphatic rings. The first kappa shape index (κ1) is 11.9. The van der Waals surface area contributed by atoms with Gasteiger partial charge in [0.05, 0.1) is 11.3 Å². The van der Waals surface area contributed by atoms with Crippen molar-refractivity contribution in [3.05, 3.63) is 62.8 Å². The molecule has 0 spiro atoms. The van der Waals surface area contributed by atoms with Crippen LogP contribution in [0.1, 0.15) is 47.0 Å². The molecule has 1 atom stereocenters. The van der Waals surface area contributed by atoms with Crippen LogP contribution < -0.4 is 10.9 Å². The van der Waals surface area contributed by atoms with Gasteiger partial charge >= 0.3 is 0 Å². The molecule has 1 aromatic carbocycles. The fraction of sp³-hybridized carbons (Fsp3) is 0.375. The van der Waals surface area contributed by atoms with E-state index in [1.807, 2.05) is 0 Å². The van der Waals surface area contributed by atoms with Crippen LogP contribution in [0.25, 0.3) is 0 Å². The van der Waals surface area contributed by atoms with E-state index >= 15 is 0 Å². The van der Waals surface area contributed by atoms with Crippen LogP contribution in [0.15, 0.2) is 29.1 Å². The number of H-pyrrole nitrogens is 1. The summed E-state index contributed by atoms with van der Waals surface area (Å²) in [5.74, 6) is 1.07. The summed E-state index contributed by atoms with van der Waals surface area (Å²) in [5.41, 5.74) is 4.47. The topological polar surface area (TPSA) is 57.8 Å². The Morgan fingerprint density at radius 2 is 2.10 bits per heavy atom. The van der Waals surface area contributed by atoms with Gasteiger partial charge in [0.15, 0.2) is 0 Å². The van der Waals surface area contributed by atoms with Crippen LogP contribution in [0.3, 0.4) is 0 Å². The van der Waals surface area contributed by atoms with E-state index in [4.69, 9.17) is 4.98 Å². The molecule has 1 aromatic heterocycles. The van der Waals surface area contributed by atoms with Crippen molar-refractivity contribution in [2.45, 2.75) is 38.3 Å². The standard InChI is InChI=1S/C16H17N3O/c20-16-13-8-17-9-14(13)18-15(19-16)12-7-3-5-10-4-1-2-6-11(10)12/h1-2,4,6,12,17H,3,5,7-9H2,(H,18,19,20). The number of hydrogen-bond acceptors (Lipinski definition) is 3. The molecule has 2 aromatic rings. The summed E-state index contributed by atoms with van der Waals surface area (Å²) in [6.07, 6.45) is 3.34. The Hall–Kier alpha value is -1.94. The van der Waals surface area contributed by atoms with Gasteiger partial charge in [-0.2, -0.15) is 0 Å². The number of fused-ring (bicyclic) bond motifs is 2. The predicted octanol–water partition coefficient (Wildman–Crippen LogP) is 1.84. The summed E-state index contributed by atoms with van der Waals surface area (Å²) in [4.78, 5) is 19.9. The quantitative estimate of drug-likeness (QED) is 0.829. The van der Waals surface area contributed by atoms with Gasteiger partial charge in [-0.1, -0.05) is 24.3 Å². The van der Waals surface area contributed by atoms with Gasteiger partial charge < -0.3 is 10.3 Å². The highest BCUT2D eigenvalue weighted by Crippen LogP contribution is 2.34. The van der Waals surface area contributed by atoms with E-state index in [0.717, 1.165) is 36.3 Å². The van der Waals surface area contributed by atoms with E-state index in [1.54, 1.807) is 0 Å². The van der Waals surface area contributed by atoms with E-state index < -0.39 is 0 Å². The van der Waals surface area contributed by atoms with Gasteiger partial charge in [0, 0.05) is 19.0 Å². The Morgan fingerprint density at radius 3 is 3.05 bits per heavy atom. The Bertz CT molecular complexity index is 720. The Kier molecular flexibility index (Phi) is 2.70. The number of nitrogens with one attached hydrogen (secondary N) is 2. The minimum Gasteiger partial charge on any atom is -0.310 e. The monoisotopic (exact) mass is 267 g/mol. The zero-order valence-corrected chi connectivity index (χ0v) is 11.3. The zero-order chi connectivity index (χ0) is 13.5. The van der Waals surface area contributed by atoms with Crippen LogP contribution in [0.4, 0.5) is 0 Å². The molecule has 4 nitrogen and oxygen atoms in total. The van der Waals surface area contributed by atoms with Crippen LogP contribution in [0.2, 0.25) is 0 Å². The van der Waals surface area contributed by atoms with Gasteiger partial charge in [-0.3, -0.25) is 4.79 Å². The number of rotatable bonds is 1. The van der Waals surface area contributed by atoms with E-state index in [0.29, 0.717) is 13.1 Å². The Balaban J connectivity index is 1.83. The van der Waals surface area contributed by atoms with Gasteiger partial charge in [0.1, 0.15) is 5.82 Å². The highest BCUT2D eigenvalue weighted by atomic mass is 16.1. The van der Waals surface area contributed by atoms with Crippen LogP contribution in [0.5, 0.6) is 0 Å². The molecule has 0 radical (unpaired) electrons. The lowest BCUT2D eigenvalue weighted by Crippen LogP contribution is -2.21.